The lowest BCUT2D eigenvalue weighted by Gasteiger charge is -2.03. The van der Waals surface area contributed by atoms with Gasteiger partial charge in [0.2, 0.25) is 11.8 Å². The van der Waals surface area contributed by atoms with Crippen molar-refractivity contribution in [2.45, 2.75) is 49.0 Å². The highest BCUT2D eigenvalue weighted by Crippen LogP contribution is 2.31. The van der Waals surface area contributed by atoms with Gasteiger partial charge in [0, 0.05) is 18.0 Å². The fourth-order valence-corrected chi connectivity index (χ4v) is 4.24. The van der Waals surface area contributed by atoms with Crippen molar-refractivity contribution in [2.75, 3.05) is 11.1 Å². The van der Waals surface area contributed by atoms with Crippen LogP contribution in [0.15, 0.2) is 45.3 Å². The summed E-state index contributed by atoms with van der Waals surface area (Å²) in [7, 11) is 0. The maximum atomic E-state index is 12.1. The number of hydrogen-bond donors (Lipinski definition) is 2. The van der Waals surface area contributed by atoms with E-state index >= 15 is 0 Å². The van der Waals surface area contributed by atoms with Crippen LogP contribution in [0.3, 0.4) is 0 Å². The molecule has 0 unspecified atom stereocenters. The number of oxazole rings is 1. The van der Waals surface area contributed by atoms with Crippen molar-refractivity contribution in [3.05, 3.63) is 53.9 Å². The average molecular weight is 417 g/mol. The molecule has 0 aliphatic rings. The Balaban J connectivity index is 1.40. The van der Waals surface area contributed by atoms with Crippen LogP contribution < -0.4 is 11.1 Å². The molecule has 0 aliphatic heterocycles. The van der Waals surface area contributed by atoms with E-state index in [1.54, 1.807) is 24.2 Å². The molecule has 0 aliphatic carbocycles. The first-order chi connectivity index (χ1) is 13.5. The summed E-state index contributed by atoms with van der Waals surface area (Å²) in [6.45, 7) is 4.15. The van der Waals surface area contributed by atoms with Crippen LogP contribution in [-0.2, 0) is 17.0 Å². The highest BCUT2D eigenvalue weighted by atomic mass is 32.2. The van der Waals surface area contributed by atoms with Crippen molar-refractivity contribution in [3.63, 3.8) is 0 Å². The van der Waals surface area contributed by atoms with Crippen LogP contribution in [0.5, 0.6) is 0 Å². The second-order valence-electron chi connectivity index (χ2n) is 6.73. The van der Waals surface area contributed by atoms with Gasteiger partial charge in [-0.05, 0) is 30.5 Å². The van der Waals surface area contributed by atoms with Gasteiger partial charge >= 0.3 is 0 Å². The van der Waals surface area contributed by atoms with E-state index in [-0.39, 0.29) is 5.91 Å². The molecule has 2 heterocycles. The molecule has 1 aromatic carbocycles. The van der Waals surface area contributed by atoms with Gasteiger partial charge in [-0.15, -0.1) is 11.8 Å². The van der Waals surface area contributed by atoms with E-state index in [4.69, 9.17) is 10.2 Å². The number of nitrogen functional groups attached to an aromatic ring is 1. The van der Waals surface area contributed by atoms with Crippen molar-refractivity contribution in [1.82, 2.24) is 9.97 Å². The van der Waals surface area contributed by atoms with Crippen LogP contribution in [0.1, 0.15) is 49.8 Å². The Kier molecular flexibility index (Phi) is 7.11. The smallest absolute Gasteiger partial charge is 0.226 e. The molecule has 0 radical (unpaired) electrons. The third kappa shape index (κ3) is 6.10. The van der Waals surface area contributed by atoms with Crippen LogP contribution in [-0.4, -0.2) is 15.9 Å². The van der Waals surface area contributed by atoms with E-state index in [9.17, 15) is 4.79 Å². The van der Waals surface area contributed by atoms with Gasteiger partial charge in [-0.3, -0.25) is 4.79 Å². The fraction of sp³-hybridized carbons (Fsp3) is 0.350. The number of nitrogens with one attached hydrogen (secondary N) is 1. The highest BCUT2D eigenvalue weighted by molar-refractivity contribution is 8.00. The minimum atomic E-state index is -0.0179. The van der Waals surface area contributed by atoms with Gasteiger partial charge in [-0.2, -0.15) is 0 Å². The molecule has 6 nitrogen and oxygen atoms in total. The van der Waals surface area contributed by atoms with Crippen molar-refractivity contribution in [2.24, 2.45) is 0 Å². The lowest BCUT2D eigenvalue weighted by Crippen LogP contribution is -2.11. The zero-order valence-corrected chi connectivity index (χ0v) is 17.6. The summed E-state index contributed by atoms with van der Waals surface area (Å²) in [5, 5.41) is 3.49. The highest BCUT2D eigenvalue weighted by Gasteiger charge is 2.10. The number of benzene rings is 1. The average Bonchev–Trinajstić information content (AvgIpc) is 3.31. The van der Waals surface area contributed by atoms with Gasteiger partial charge in [0.1, 0.15) is 5.76 Å². The number of carbonyl (C=O) groups excluding carboxylic acids is 1. The summed E-state index contributed by atoms with van der Waals surface area (Å²) in [6.07, 6.45) is 5.64. The Morgan fingerprint density at radius 1 is 1.25 bits per heavy atom. The predicted octanol–water partition coefficient (Wildman–Crippen LogP) is 5.09. The van der Waals surface area contributed by atoms with Gasteiger partial charge in [0.05, 0.1) is 22.4 Å². The largest absolute Gasteiger partial charge is 0.445 e. The minimum Gasteiger partial charge on any atom is -0.445 e. The predicted molar refractivity (Wildman–Crippen MR) is 115 cm³/mol. The molecular weight excluding hydrogens is 392 g/mol. The van der Waals surface area contributed by atoms with Crippen molar-refractivity contribution in [3.8, 4) is 0 Å². The lowest BCUT2D eigenvalue weighted by molar-refractivity contribution is -0.116. The van der Waals surface area contributed by atoms with Gasteiger partial charge in [-0.25, -0.2) is 9.97 Å². The molecule has 0 bridgehead atoms. The van der Waals surface area contributed by atoms with Crippen molar-refractivity contribution < 1.29 is 9.21 Å². The van der Waals surface area contributed by atoms with Gasteiger partial charge in [-0.1, -0.05) is 37.3 Å². The van der Waals surface area contributed by atoms with Crippen LogP contribution in [0.2, 0.25) is 0 Å². The van der Waals surface area contributed by atoms with E-state index in [1.165, 1.54) is 16.9 Å². The summed E-state index contributed by atoms with van der Waals surface area (Å²) < 4.78 is 6.72. The lowest BCUT2D eigenvalue weighted by atomic mass is 10.1. The third-order valence-corrected chi connectivity index (χ3v) is 6.15. The zero-order valence-electron chi connectivity index (χ0n) is 16.0. The summed E-state index contributed by atoms with van der Waals surface area (Å²) in [5.74, 6) is 2.55. The molecular formula is C20H24N4O2S2. The maximum Gasteiger partial charge on any atom is 0.226 e. The number of nitrogens with two attached hydrogens (primary N) is 1. The molecule has 28 heavy (non-hydrogen) atoms. The molecule has 8 heteroatoms. The molecule has 0 spiro atoms. The standard InChI is InChI=1S/C20H24N4O2S2/c1-13(2)16-10-22-18(26-16)12-27-19-11-23-20(28-19)24-17(25)5-3-4-14-6-8-15(21)9-7-14/h6-11,13H,3-5,12,21H2,1-2H3,(H,23,24,25). The number of nitrogens with zero attached hydrogens (tertiary/aromatic N) is 2. The number of rotatable bonds is 9. The van der Waals surface area contributed by atoms with Crippen LogP contribution in [0.4, 0.5) is 10.8 Å². The number of aryl methyl sites for hydroxylation is 1. The van der Waals surface area contributed by atoms with E-state index in [2.05, 4.69) is 29.1 Å². The van der Waals surface area contributed by atoms with E-state index in [0.717, 1.165) is 28.5 Å². The molecule has 3 N–H and O–H groups in total. The van der Waals surface area contributed by atoms with Crippen LogP contribution in [0.25, 0.3) is 0 Å². The van der Waals surface area contributed by atoms with Gasteiger partial charge < -0.3 is 15.5 Å². The summed E-state index contributed by atoms with van der Waals surface area (Å²) in [5.41, 5.74) is 7.61. The summed E-state index contributed by atoms with van der Waals surface area (Å²) in [4.78, 5) is 20.7. The Morgan fingerprint density at radius 3 is 2.75 bits per heavy atom. The number of amides is 1. The third-order valence-electron chi connectivity index (χ3n) is 4.06. The SMILES string of the molecule is CC(C)c1cnc(CSc2cnc(NC(=O)CCCc3ccc(N)cc3)s2)o1. The Bertz CT molecular complexity index is 903. The summed E-state index contributed by atoms with van der Waals surface area (Å²) >= 11 is 3.06. The number of thiazole rings is 1. The Hall–Kier alpha value is -2.32. The van der Waals surface area contributed by atoms with Crippen LogP contribution in [0, 0.1) is 0 Å². The van der Waals surface area contributed by atoms with Gasteiger partial charge in [0.15, 0.2) is 5.13 Å². The molecule has 0 saturated heterocycles. The number of anilines is 2. The van der Waals surface area contributed by atoms with Crippen LogP contribution >= 0.6 is 23.1 Å². The molecule has 0 saturated carbocycles. The molecule has 2 aromatic heterocycles. The topological polar surface area (TPSA) is 94.0 Å². The van der Waals surface area contributed by atoms with Crippen molar-refractivity contribution in [1.29, 1.82) is 0 Å². The summed E-state index contributed by atoms with van der Waals surface area (Å²) in [6, 6.07) is 7.75. The number of hydrogen-bond acceptors (Lipinski definition) is 7. The maximum absolute atomic E-state index is 12.1. The molecule has 0 atom stereocenters. The van der Waals surface area contributed by atoms with E-state index in [1.807, 2.05) is 24.3 Å². The van der Waals surface area contributed by atoms with Gasteiger partial charge in [0.25, 0.3) is 0 Å². The molecule has 3 aromatic rings. The Morgan fingerprint density at radius 2 is 2.04 bits per heavy atom. The molecule has 1 amide bonds. The first-order valence-electron chi connectivity index (χ1n) is 9.17. The normalized spacial score (nSPS) is 11.1. The Labute approximate surface area is 173 Å². The minimum absolute atomic E-state index is 0.0179. The second-order valence-corrected chi connectivity index (χ2v) is 9.03. The zero-order chi connectivity index (χ0) is 19.9. The first-order valence-corrected chi connectivity index (χ1v) is 11.0. The quantitative estimate of drug-likeness (QED) is 0.373. The molecule has 148 valence electrons. The molecule has 0 fully saturated rings. The molecule has 3 rings (SSSR count). The van der Waals surface area contributed by atoms with E-state index < -0.39 is 0 Å². The first kappa shape index (κ1) is 20.4. The monoisotopic (exact) mass is 416 g/mol. The van der Waals surface area contributed by atoms with E-state index in [0.29, 0.717) is 29.1 Å². The number of carbonyl (C=O) groups is 1. The number of thioether (sulfide) groups is 1. The number of aromatic nitrogens is 2. The fourth-order valence-electron chi connectivity index (χ4n) is 2.49. The van der Waals surface area contributed by atoms with Crippen molar-refractivity contribution >= 4 is 39.8 Å². The second kappa shape index (κ2) is 9.75.